The Labute approximate surface area is 123 Å². The van der Waals surface area contributed by atoms with E-state index in [1.807, 2.05) is 0 Å². The van der Waals surface area contributed by atoms with E-state index in [-0.39, 0.29) is 17.2 Å². The fourth-order valence-corrected chi connectivity index (χ4v) is 2.49. The van der Waals surface area contributed by atoms with Crippen LogP contribution >= 0.6 is 0 Å². The minimum absolute atomic E-state index is 0.134. The lowest BCUT2D eigenvalue weighted by atomic mass is 10.0. The van der Waals surface area contributed by atoms with Gasteiger partial charge in [-0.1, -0.05) is 6.42 Å². The second-order valence-electron chi connectivity index (χ2n) is 5.27. The Morgan fingerprint density at radius 2 is 2.14 bits per heavy atom. The van der Waals surface area contributed by atoms with E-state index < -0.39 is 5.97 Å². The summed E-state index contributed by atoms with van der Waals surface area (Å²) in [4.78, 5) is 22.6. The van der Waals surface area contributed by atoms with Crippen molar-refractivity contribution in [3.8, 4) is 5.75 Å². The number of aromatic hydroxyl groups is 1. The molecule has 1 unspecified atom stereocenters. The molecule has 1 atom stereocenters. The molecule has 0 saturated carbocycles. The molecule has 21 heavy (non-hydrogen) atoms. The molecule has 6 heteroatoms. The van der Waals surface area contributed by atoms with Gasteiger partial charge in [0, 0.05) is 24.2 Å². The molecule has 1 aromatic carbocycles. The summed E-state index contributed by atoms with van der Waals surface area (Å²) in [6, 6.07) is 4.39. The molecule has 1 fully saturated rings. The van der Waals surface area contributed by atoms with Crippen molar-refractivity contribution >= 4 is 17.6 Å². The number of benzene rings is 1. The molecule has 114 valence electrons. The molecule has 1 saturated heterocycles. The Morgan fingerprint density at radius 1 is 1.33 bits per heavy atom. The van der Waals surface area contributed by atoms with Crippen molar-refractivity contribution in [3.63, 3.8) is 0 Å². The van der Waals surface area contributed by atoms with Crippen molar-refractivity contribution in [2.75, 3.05) is 11.9 Å². The molecule has 1 amide bonds. The number of aromatic carboxylic acids is 1. The average Bonchev–Trinajstić information content (AvgIpc) is 2.46. The Bertz CT molecular complexity index is 524. The number of carbonyl (C=O) groups excluding carboxylic acids is 1. The second kappa shape index (κ2) is 7.08. The van der Waals surface area contributed by atoms with Crippen LogP contribution in [-0.4, -0.2) is 34.7 Å². The minimum atomic E-state index is -1.20. The Morgan fingerprint density at radius 3 is 2.76 bits per heavy atom. The van der Waals surface area contributed by atoms with E-state index in [1.165, 1.54) is 31.0 Å². The highest BCUT2D eigenvalue weighted by atomic mass is 16.4. The third-order valence-electron chi connectivity index (χ3n) is 3.64. The molecule has 0 aliphatic carbocycles. The van der Waals surface area contributed by atoms with Crippen LogP contribution in [0.3, 0.4) is 0 Å². The number of hydrogen-bond donors (Lipinski definition) is 4. The van der Waals surface area contributed by atoms with E-state index in [4.69, 9.17) is 5.11 Å². The summed E-state index contributed by atoms with van der Waals surface area (Å²) in [5.41, 5.74) is 0.221. The summed E-state index contributed by atoms with van der Waals surface area (Å²) >= 11 is 0. The third-order valence-corrected chi connectivity index (χ3v) is 3.64. The number of nitrogens with one attached hydrogen (secondary N) is 2. The number of carboxylic acid groups (broad SMARTS) is 1. The van der Waals surface area contributed by atoms with Crippen molar-refractivity contribution in [2.45, 2.75) is 38.1 Å². The van der Waals surface area contributed by atoms with Crippen LogP contribution in [0.15, 0.2) is 18.2 Å². The maximum atomic E-state index is 11.8. The molecule has 0 aromatic heterocycles. The van der Waals surface area contributed by atoms with Gasteiger partial charge < -0.3 is 20.8 Å². The van der Waals surface area contributed by atoms with Gasteiger partial charge in [-0.3, -0.25) is 4.79 Å². The molecule has 4 N–H and O–H groups in total. The average molecular weight is 292 g/mol. The predicted octanol–water partition coefficient (Wildman–Crippen LogP) is 1.95. The van der Waals surface area contributed by atoms with Crippen molar-refractivity contribution in [1.29, 1.82) is 0 Å². The van der Waals surface area contributed by atoms with Crippen LogP contribution in [0.2, 0.25) is 0 Å². The van der Waals surface area contributed by atoms with Crippen LogP contribution in [0.25, 0.3) is 0 Å². The summed E-state index contributed by atoms with van der Waals surface area (Å²) in [6.45, 7) is 1.01. The fraction of sp³-hybridized carbons (Fsp3) is 0.467. The molecular weight excluding hydrogens is 272 g/mol. The topological polar surface area (TPSA) is 98.7 Å². The first-order chi connectivity index (χ1) is 10.1. The molecule has 0 radical (unpaired) electrons. The zero-order valence-electron chi connectivity index (χ0n) is 11.8. The lowest BCUT2D eigenvalue weighted by Crippen LogP contribution is -2.34. The molecule has 0 bridgehead atoms. The van der Waals surface area contributed by atoms with E-state index in [1.54, 1.807) is 0 Å². The van der Waals surface area contributed by atoms with Gasteiger partial charge in [0.2, 0.25) is 5.91 Å². The maximum Gasteiger partial charge on any atom is 0.339 e. The second-order valence-corrected chi connectivity index (χ2v) is 5.27. The number of rotatable bonds is 5. The number of carboxylic acids is 1. The first kappa shape index (κ1) is 15.3. The van der Waals surface area contributed by atoms with E-state index in [0.29, 0.717) is 18.2 Å². The van der Waals surface area contributed by atoms with E-state index >= 15 is 0 Å². The Balaban J connectivity index is 1.84. The molecule has 6 nitrogen and oxygen atoms in total. The molecule has 1 aromatic rings. The highest BCUT2D eigenvalue weighted by Crippen LogP contribution is 2.22. The van der Waals surface area contributed by atoms with Crippen LogP contribution in [0.4, 0.5) is 5.69 Å². The van der Waals surface area contributed by atoms with Gasteiger partial charge in [0.05, 0.1) is 0 Å². The largest absolute Gasteiger partial charge is 0.507 e. The summed E-state index contributed by atoms with van der Waals surface area (Å²) in [5.74, 6) is -1.69. The Kier molecular flexibility index (Phi) is 5.16. The van der Waals surface area contributed by atoms with Gasteiger partial charge in [-0.15, -0.1) is 0 Å². The highest BCUT2D eigenvalue weighted by molar-refractivity contribution is 5.94. The quantitative estimate of drug-likeness (QED) is 0.665. The molecule has 2 rings (SSSR count). The zero-order valence-corrected chi connectivity index (χ0v) is 11.8. The van der Waals surface area contributed by atoms with E-state index in [2.05, 4.69) is 10.6 Å². The summed E-state index contributed by atoms with van der Waals surface area (Å²) in [5, 5.41) is 24.4. The number of phenols is 1. The first-order valence-electron chi connectivity index (χ1n) is 7.16. The van der Waals surface area contributed by atoms with Gasteiger partial charge >= 0.3 is 5.97 Å². The number of carbonyl (C=O) groups is 2. The maximum absolute atomic E-state index is 11.8. The standard InChI is InChI=1S/C15H20N2O4/c18-13-9-11(4-6-12(13)15(20)21)17-14(19)7-5-10-3-1-2-8-16-10/h4,6,9-10,16,18H,1-3,5,7-8H2,(H,17,19)(H,20,21). The number of anilines is 1. The molecule has 1 aliphatic rings. The number of amides is 1. The number of piperidine rings is 1. The normalized spacial score (nSPS) is 18.2. The molecule has 0 spiro atoms. The summed E-state index contributed by atoms with van der Waals surface area (Å²) in [6.07, 6.45) is 4.67. The van der Waals surface area contributed by atoms with Crippen LogP contribution in [-0.2, 0) is 4.79 Å². The van der Waals surface area contributed by atoms with Gasteiger partial charge in [0.1, 0.15) is 11.3 Å². The van der Waals surface area contributed by atoms with Crippen molar-refractivity contribution in [3.05, 3.63) is 23.8 Å². The van der Waals surface area contributed by atoms with Crippen LogP contribution < -0.4 is 10.6 Å². The lowest BCUT2D eigenvalue weighted by Gasteiger charge is -2.23. The van der Waals surface area contributed by atoms with Gasteiger partial charge in [-0.05, 0) is 37.9 Å². The van der Waals surface area contributed by atoms with Gasteiger partial charge in [0.15, 0.2) is 0 Å². The summed E-state index contributed by atoms with van der Waals surface area (Å²) in [7, 11) is 0. The zero-order chi connectivity index (χ0) is 15.2. The van der Waals surface area contributed by atoms with Crippen molar-refractivity contribution < 1.29 is 19.8 Å². The highest BCUT2D eigenvalue weighted by Gasteiger charge is 2.15. The SMILES string of the molecule is O=C(CCC1CCCCN1)Nc1ccc(C(=O)O)c(O)c1. The van der Waals surface area contributed by atoms with Crippen LogP contribution in [0, 0.1) is 0 Å². The van der Waals surface area contributed by atoms with Gasteiger partial charge in [-0.25, -0.2) is 4.79 Å². The Hall–Kier alpha value is -2.08. The van der Waals surface area contributed by atoms with Crippen molar-refractivity contribution in [2.24, 2.45) is 0 Å². The third kappa shape index (κ3) is 4.46. The molecular formula is C15H20N2O4. The van der Waals surface area contributed by atoms with E-state index in [9.17, 15) is 14.7 Å². The van der Waals surface area contributed by atoms with E-state index in [0.717, 1.165) is 19.4 Å². The summed E-state index contributed by atoms with van der Waals surface area (Å²) < 4.78 is 0. The lowest BCUT2D eigenvalue weighted by molar-refractivity contribution is -0.116. The van der Waals surface area contributed by atoms with Crippen molar-refractivity contribution in [1.82, 2.24) is 5.32 Å². The minimum Gasteiger partial charge on any atom is -0.507 e. The monoisotopic (exact) mass is 292 g/mol. The van der Waals surface area contributed by atoms with Crippen LogP contribution in [0.5, 0.6) is 5.75 Å². The first-order valence-corrected chi connectivity index (χ1v) is 7.16. The van der Waals surface area contributed by atoms with Gasteiger partial charge in [-0.2, -0.15) is 0 Å². The van der Waals surface area contributed by atoms with Crippen LogP contribution in [0.1, 0.15) is 42.5 Å². The molecule has 1 heterocycles. The smallest absolute Gasteiger partial charge is 0.339 e. The predicted molar refractivity (Wildman–Crippen MR) is 78.6 cm³/mol. The molecule has 1 aliphatic heterocycles. The number of hydrogen-bond acceptors (Lipinski definition) is 4. The van der Waals surface area contributed by atoms with Gasteiger partial charge in [0.25, 0.3) is 0 Å². The fourth-order valence-electron chi connectivity index (χ4n) is 2.49.